The Hall–Kier alpha value is -0.910. The van der Waals surface area contributed by atoms with Crippen LogP contribution in [0, 0.1) is 0 Å². The molecule has 1 aromatic carbocycles. The Bertz CT molecular complexity index is 390. The quantitative estimate of drug-likeness (QED) is 0.577. The van der Waals surface area contributed by atoms with E-state index in [0.717, 1.165) is 5.52 Å². The van der Waals surface area contributed by atoms with Crippen molar-refractivity contribution in [2.75, 3.05) is 0 Å². The zero-order valence-electron chi connectivity index (χ0n) is 7.03. The molecule has 0 fully saturated rings. The molecule has 0 aliphatic heterocycles. The summed E-state index contributed by atoms with van der Waals surface area (Å²) >= 11 is 1.68. The number of hydrogen-bond donors (Lipinski definition) is 2. The molecule has 14 heavy (non-hydrogen) atoms. The monoisotopic (exact) mass is 231 g/mol. The van der Waals surface area contributed by atoms with Gasteiger partial charge in [-0.1, -0.05) is 12.1 Å². The van der Waals surface area contributed by atoms with Crippen molar-refractivity contribution >= 4 is 29.8 Å². The van der Waals surface area contributed by atoms with Crippen LogP contribution in [0.2, 0.25) is 0 Å². The Morgan fingerprint density at radius 1 is 1.50 bits per heavy atom. The minimum atomic E-state index is -2.57. The molecule has 0 saturated carbocycles. The van der Waals surface area contributed by atoms with E-state index in [1.807, 2.05) is 23.7 Å². The minimum absolute atomic E-state index is 1.10. The van der Waals surface area contributed by atoms with Crippen LogP contribution in [-0.4, -0.2) is 9.88 Å². The van der Waals surface area contributed by atoms with Gasteiger partial charge < -0.3 is 0 Å². The van der Waals surface area contributed by atoms with Gasteiger partial charge in [-0.2, -0.15) is 5.90 Å². The summed E-state index contributed by atoms with van der Waals surface area (Å²) < 4.78 is 13.7. The second-order valence-electron chi connectivity index (χ2n) is 2.16. The number of nitrogens with zero attached hydrogens (tertiary/aromatic N) is 1. The molecule has 3 N–H and O–H groups in total. The predicted molar refractivity (Wildman–Crippen MR) is 54.7 cm³/mol. The molecule has 0 bridgehead atoms. The van der Waals surface area contributed by atoms with E-state index in [1.165, 1.54) is 4.70 Å². The standard InChI is InChI=1S/C7H5NS.H2NO3P/c1-2-4-7-6(3-1)8-5-9-7;1-4-5(2)3/h1-5H;1H2/p+1. The van der Waals surface area contributed by atoms with Crippen LogP contribution in [-0.2, 0) is 9.19 Å². The van der Waals surface area contributed by atoms with Crippen molar-refractivity contribution in [2.24, 2.45) is 5.90 Å². The zero-order chi connectivity index (χ0) is 10.4. The molecule has 1 aromatic heterocycles. The third-order valence-corrected chi connectivity index (χ3v) is 2.32. The van der Waals surface area contributed by atoms with Gasteiger partial charge in [-0.15, -0.1) is 16.2 Å². The molecule has 74 valence electrons. The number of thiazole rings is 1. The summed E-state index contributed by atoms with van der Waals surface area (Å²) in [6.45, 7) is 0. The number of para-hydroxylation sites is 1. The first kappa shape index (κ1) is 11.2. The smallest absolute Gasteiger partial charge is 0.245 e. The van der Waals surface area contributed by atoms with Crippen LogP contribution in [0.15, 0.2) is 29.8 Å². The van der Waals surface area contributed by atoms with Crippen LogP contribution >= 0.6 is 19.6 Å². The van der Waals surface area contributed by atoms with Crippen molar-refractivity contribution in [1.82, 2.24) is 4.98 Å². The lowest BCUT2D eigenvalue weighted by Crippen LogP contribution is -1.84. The van der Waals surface area contributed by atoms with Crippen LogP contribution in [0.25, 0.3) is 10.2 Å². The molecule has 1 heterocycles. The molecule has 0 amide bonds. The molecular formula is C7H8N2O3PS+. The van der Waals surface area contributed by atoms with Gasteiger partial charge >= 0.3 is 8.25 Å². The molecule has 1 atom stereocenters. The molecule has 0 saturated heterocycles. The highest BCUT2D eigenvalue weighted by Gasteiger charge is 2.04. The molecule has 7 heteroatoms. The highest BCUT2D eigenvalue weighted by Crippen LogP contribution is 2.15. The number of aromatic nitrogens is 1. The van der Waals surface area contributed by atoms with Gasteiger partial charge in [-0.25, -0.2) is 4.98 Å². The largest absolute Gasteiger partial charge is 0.713 e. The fourth-order valence-corrected chi connectivity index (χ4v) is 1.48. The lowest BCUT2D eigenvalue weighted by molar-refractivity contribution is 0.292. The molecule has 0 radical (unpaired) electrons. The molecule has 5 nitrogen and oxygen atoms in total. The number of fused-ring (bicyclic) bond motifs is 1. The number of rotatable bonds is 1. The third kappa shape index (κ3) is 3.45. The average Bonchev–Trinajstić information content (AvgIpc) is 2.66. The number of benzene rings is 1. The maximum atomic E-state index is 9.17. The summed E-state index contributed by atoms with van der Waals surface area (Å²) in [4.78, 5) is 11.7. The Labute approximate surface area is 85.1 Å². The summed E-state index contributed by atoms with van der Waals surface area (Å²) in [6.07, 6.45) is 0. The topological polar surface area (TPSA) is 85.4 Å². The summed E-state index contributed by atoms with van der Waals surface area (Å²) in [5, 5.41) is 0. The van der Waals surface area contributed by atoms with Gasteiger partial charge in [-0.05, 0) is 16.8 Å². The third-order valence-electron chi connectivity index (χ3n) is 1.33. The Morgan fingerprint density at radius 3 is 2.71 bits per heavy atom. The van der Waals surface area contributed by atoms with E-state index in [0.29, 0.717) is 0 Å². The Balaban J connectivity index is 0.000000171. The zero-order valence-corrected chi connectivity index (χ0v) is 8.74. The summed E-state index contributed by atoms with van der Waals surface area (Å²) in [5.74, 6) is 4.14. The van der Waals surface area contributed by atoms with E-state index >= 15 is 0 Å². The SMILES string of the molecule is NO[P+](=O)O.c1ccc2scnc2c1. The predicted octanol–water partition coefficient (Wildman–Crippen LogP) is 1.82. The highest BCUT2D eigenvalue weighted by molar-refractivity contribution is 7.32. The van der Waals surface area contributed by atoms with Gasteiger partial charge in [0.15, 0.2) is 0 Å². The number of hydrogen-bond acceptors (Lipinski definition) is 5. The van der Waals surface area contributed by atoms with Gasteiger partial charge in [0.05, 0.1) is 15.7 Å². The first-order chi connectivity index (χ1) is 6.74. The van der Waals surface area contributed by atoms with Gasteiger partial charge in [0.1, 0.15) is 0 Å². The molecule has 2 rings (SSSR count). The van der Waals surface area contributed by atoms with Gasteiger partial charge in [0.2, 0.25) is 0 Å². The summed E-state index contributed by atoms with van der Waals surface area (Å²) in [6, 6.07) is 8.13. The first-order valence-electron chi connectivity index (χ1n) is 3.55. The van der Waals surface area contributed by atoms with E-state index in [4.69, 9.17) is 9.46 Å². The molecule has 0 aliphatic carbocycles. The highest BCUT2D eigenvalue weighted by atomic mass is 32.1. The lowest BCUT2D eigenvalue weighted by Gasteiger charge is -1.80. The van der Waals surface area contributed by atoms with E-state index in [2.05, 4.69) is 21.6 Å². The van der Waals surface area contributed by atoms with Crippen LogP contribution < -0.4 is 5.90 Å². The molecule has 2 aromatic rings. The molecule has 1 unspecified atom stereocenters. The Morgan fingerprint density at radius 2 is 2.14 bits per heavy atom. The normalized spacial score (nSPS) is 10.6. The van der Waals surface area contributed by atoms with Gasteiger partial charge in [0, 0.05) is 4.57 Å². The summed E-state index contributed by atoms with van der Waals surface area (Å²) in [5.41, 5.74) is 2.97. The van der Waals surface area contributed by atoms with Crippen molar-refractivity contribution in [3.63, 3.8) is 0 Å². The average molecular weight is 231 g/mol. The van der Waals surface area contributed by atoms with Crippen molar-refractivity contribution in [3.8, 4) is 0 Å². The van der Waals surface area contributed by atoms with E-state index < -0.39 is 8.25 Å². The summed E-state index contributed by atoms with van der Waals surface area (Å²) in [7, 11) is -2.57. The van der Waals surface area contributed by atoms with E-state index in [-0.39, 0.29) is 0 Å². The fraction of sp³-hybridized carbons (Fsp3) is 0. The minimum Gasteiger partial charge on any atom is -0.245 e. The Kier molecular flexibility index (Phi) is 4.58. The van der Waals surface area contributed by atoms with Gasteiger partial charge in [0.25, 0.3) is 0 Å². The van der Waals surface area contributed by atoms with Crippen LogP contribution in [0.3, 0.4) is 0 Å². The van der Waals surface area contributed by atoms with Crippen molar-refractivity contribution in [3.05, 3.63) is 29.8 Å². The van der Waals surface area contributed by atoms with Crippen LogP contribution in [0.4, 0.5) is 0 Å². The van der Waals surface area contributed by atoms with Crippen molar-refractivity contribution in [1.29, 1.82) is 0 Å². The molecule has 0 spiro atoms. The van der Waals surface area contributed by atoms with Crippen molar-refractivity contribution in [2.45, 2.75) is 0 Å². The van der Waals surface area contributed by atoms with Crippen LogP contribution in [0.1, 0.15) is 0 Å². The maximum Gasteiger partial charge on any atom is 0.713 e. The van der Waals surface area contributed by atoms with E-state index in [9.17, 15) is 0 Å². The lowest BCUT2D eigenvalue weighted by atomic mass is 10.3. The molecule has 0 aliphatic rings. The van der Waals surface area contributed by atoms with Crippen LogP contribution in [0.5, 0.6) is 0 Å². The first-order valence-corrected chi connectivity index (χ1v) is 5.56. The van der Waals surface area contributed by atoms with Crippen molar-refractivity contribution < 1.29 is 14.1 Å². The maximum absolute atomic E-state index is 9.17. The fourth-order valence-electron chi connectivity index (χ4n) is 0.803. The second kappa shape index (κ2) is 5.74. The number of nitrogens with two attached hydrogens (primary N) is 1. The molecular weight excluding hydrogens is 223 g/mol. The second-order valence-corrected chi connectivity index (χ2v) is 3.74. The van der Waals surface area contributed by atoms with E-state index in [1.54, 1.807) is 11.3 Å². The van der Waals surface area contributed by atoms with Gasteiger partial charge in [-0.3, -0.25) is 0 Å².